The molecule has 4 heterocycles. The molecule has 29 heavy (non-hydrogen) atoms. The first kappa shape index (κ1) is 19.0. The quantitative estimate of drug-likeness (QED) is 0.754. The third-order valence-corrected chi connectivity index (χ3v) is 7.67. The normalized spacial score (nSPS) is 21.2. The second-order valence-corrected chi connectivity index (χ2v) is 9.56. The van der Waals surface area contributed by atoms with Gasteiger partial charge >= 0.3 is 0 Å². The van der Waals surface area contributed by atoms with E-state index in [0.29, 0.717) is 10.9 Å². The van der Waals surface area contributed by atoms with Gasteiger partial charge in [0.2, 0.25) is 16.0 Å². The van der Waals surface area contributed by atoms with Crippen LogP contribution in [0.5, 0.6) is 0 Å². The molecule has 3 aliphatic rings. The monoisotopic (exact) mass is 415 g/mol. The highest BCUT2D eigenvalue weighted by Crippen LogP contribution is 2.29. The molecule has 156 valence electrons. The molecule has 1 amide bonds. The molecule has 0 saturated carbocycles. The first-order valence-corrected chi connectivity index (χ1v) is 12.0. The maximum atomic E-state index is 12.9. The highest BCUT2D eigenvalue weighted by atomic mass is 32.1. The predicted molar refractivity (Wildman–Crippen MR) is 114 cm³/mol. The summed E-state index contributed by atoms with van der Waals surface area (Å²) in [6.07, 6.45) is 10.4. The van der Waals surface area contributed by atoms with Crippen LogP contribution in [0.3, 0.4) is 0 Å². The number of amides is 1. The highest BCUT2D eigenvalue weighted by Gasteiger charge is 2.30. The van der Waals surface area contributed by atoms with Gasteiger partial charge in [0.1, 0.15) is 0 Å². The zero-order chi connectivity index (χ0) is 19.8. The third-order valence-electron chi connectivity index (χ3n) is 6.70. The standard InChI is InChI=1S/C21H29N5O2S/c27-18(24-11-5-1-2-6-12-24)15-9-13-25(14-10-15)21-23-26-19(28)16-7-3-4-8-17(16)22-20(26)29-21/h15H,1-14H2. The Balaban J connectivity index is 1.29. The van der Waals surface area contributed by atoms with Crippen molar-refractivity contribution in [3.63, 3.8) is 0 Å². The number of hydrogen-bond acceptors (Lipinski definition) is 6. The van der Waals surface area contributed by atoms with Crippen LogP contribution in [0, 0.1) is 5.92 Å². The maximum Gasteiger partial charge on any atom is 0.278 e. The van der Waals surface area contributed by atoms with Crippen LogP contribution in [0.4, 0.5) is 5.13 Å². The molecule has 0 atom stereocenters. The zero-order valence-corrected chi connectivity index (χ0v) is 17.8. The molecular weight excluding hydrogens is 386 g/mol. The Labute approximate surface area is 174 Å². The minimum atomic E-state index is 0.0124. The van der Waals surface area contributed by atoms with Crippen LogP contribution in [0.15, 0.2) is 4.79 Å². The Morgan fingerprint density at radius 3 is 2.41 bits per heavy atom. The van der Waals surface area contributed by atoms with Crippen LogP contribution >= 0.6 is 11.3 Å². The molecule has 7 nitrogen and oxygen atoms in total. The van der Waals surface area contributed by atoms with E-state index in [1.54, 1.807) is 0 Å². The van der Waals surface area contributed by atoms with Gasteiger partial charge in [0.25, 0.3) is 5.56 Å². The number of carbonyl (C=O) groups is 1. The van der Waals surface area contributed by atoms with Gasteiger partial charge in [-0.25, -0.2) is 4.98 Å². The van der Waals surface area contributed by atoms with Crippen LogP contribution < -0.4 is 10.5 Å². The van der Waals surface area contributed by atoms with E-state index in [0.717, 1.165) is 93.9 Å². The van der Waals surface area contributed by atoms with Crippen molar-refractivity contribution < 1.29 is 4.79 Å². The van der Waals surface area contributed by atoms with Crippen LogP contribution in [0.1, 0.15) is 62.6 Å². The number of carbonyl (C=O) groups excluding carboxylic acids is 1. The molecule has 0 spiro atoms. The van der Waals surface area contributed by atoms with E-state index in [-0.39, 0.29) is 11.5 Å². The fraction of sp³-hybridized carbons (Fsp3) is 0.714. The molecule has 0 bridgehead atoms. The number of likely N-dealkylation sites (tertiary alicyclic amines) is 1. The van der Waals surface area contributed by atoms with Gasteiger partial charge < -0.3 is 9.80 Å². The van der Waals surface area contributed by atoms with Crippen molar-refractivity contribution in [1.29, 1.82) is 0 Å². The van der Waals surface area contributed by atoms with Crippen LogP contribution in [-0.2, 0) is 17.6 Å². The first-order valence-electron chi connectivity index (χ1n) is 11.2. The molecule has 2 aromatic heterocycles. The van der Waals surface area contributed by atoms with E-state index in [4.69, 9.17) is 4.98 Å². The van der Waals surface area contributed by atoms with E-state index in [1.807, 2.05) is 0 Å². The van der Waals surface area contributed by atoms with Gasteiger partial charge in [-0.2, -0.15) is 4.52 Å². The average molecular weight is 416 g/mol. The lowest BCUT2D eigenvalue weighted by Crippen LogP contribution is -2.43. The molecule has 1 aliphatic carbocycles. The number of aromatic nitrogens is 3. The van der Waals surface area contributed by atoms with Gasteiger partial charge in [-0.15, -0.1) is 5.10 Å². The van der Waals surface area contributed by atoms with Crippen molar-refractivity contribution in [2.75, 3.05) is 31.1 Å². The Morgan fingerprint density at radius 1 is 0.931 bits per heavy atom. The molecule has 5 rings (SSSR count). The fourth-order valence-corrected chi connectivity index (χ4v) is 5.92. The molecule has 0 N–H and O–H groups in total. The molecule has 0 unspecified atom stereocenters. The van der Waals surface area contributed by atoms with Gasteiger partial charge in [0.15, 0.2) is 0 Å². The van der Waals surface area contributed by atoms with Crippen molar-refractivity contribution in [3.05, 3.63) is 21.6 Å². The topological polar surface area (TPSA) is 70.8 Å². The minimum Gasteiger partial charge on any atom is -0.347 e. The van der Waals surface area contributed by atoms with E-state index >= 15 is 0 Å². The van der Waals surface area contributed by atoms with E-state index in [2.05, 4.69) is 14.9 Å². The molecule has 2 fully saturated rings. The van der Waals surface area contributed by atoms with Gasteiger partial charge in [-0.1, -0.05) is 24.2 Å². The van der Waals surface area contributed by atoms with Crippen molar-refractivity contribution >= 4 is 27.3 Å². The summed E-state index contributed by atoms with van der Waals surface area (Å²) in [5.41, 5.74) is 1.84. The predicted octanol–water partition coefficient (Wildman–Crippen LogP) is 2.65. The van der Waals surface area contributed by atoms with E-state index in [1.165, 1.54) is 28.7 Å². The van der Waals surface area contributed by atoms with Crippen LogP contribution in [0.25, 0.3) is 4.96 Å². The summed E-state index contributed by atoms with van der Waals surface area (Å²) in [6.45, 7) is 3.49. The van der Waals surface area contributed by atoms with Gasteiger partial charge in [-0.05, 0) is 51.4 Å². The summed E-state index contributed by atoms with van der Waals surface area (Å²) in [6, 6.07) is 0. The molecule has 0 aromatic carbocycles. The SMILES string of the molecule is O=C(C1CCN(c2nn3c(=O)c4c(nc3s2)CCCC4)CC1)N1CCCCCC1. The van der Waals surface area contributed by atoms with Crippen molar-refractivity contribution in [2.45, 2.75) is 64.2 Å². The Kier molecular flexibility index (Phi) is 5.28. The van der Waals surface area contributed by atoms with Crippen LogP contribution in [-0.4, -0.2) is 51.6 Å². The average Bonchev–Trinajstić information content (AvgIpc) is 3.00. The summed E-state index contributed by atoms with van der Waals surface area (Å²) >= 11 is 1.50. The number of aryl methyl sites for hydroxylation is 1. The number of hydrogen-bond donors (Lipinski definition) is 0. The lowest BCUT2D eigenvalue weighted by molar-refractivity contribution is -0.136. The highest BCUT2D eigenvalue weighted by molar-refractivity contribution is 7.20. The second-order valence-electron chi connectivity index (χ2n) is 8.63. The van der Waals surface area contributed by atoms with Gasteiger partial charge in [0, 0.05) is 37.7 Å². The summed E-state index contributed by atoms with van der Waals surface area (Å²) < 4.78 is 1.50. The van der Waals surface area contributed by atoms with E-state index in [9.17, 15) is 9.59 Å². The Morgan fingerprint density at radius 2 is 1.66 bits per heavy atom. The van der Waals surface area contributed by atoms with Gasteiger partial charge in [0.05, 0.1) is 5.69 Å². The number of nitrogens with zero attached hydrogens (tertiary/aromatic N) is 5. The van der Waals surface area contributed by atoms with Crippen molar-refractivity contribution in [2.24, 2.45) is 5.92 Å². The molecule has 2 saturated heterocycles. The Bertz CT molecular complexity index is 952. The molecule has 8 heteroatoms. The van der Waals surface area contributed by atoms with Crippen LogP contribution in [0.2, 0.25) is 0 Å². The number of piperidine rings is 1. The summed E-state index contributed by atoms with van der Waals surface area (Å²) in [5.74, 6) is 0.480. The zero-order valence-electron chi connectivity index (χ0n) is 16.9. The molecule has 2 aliphatic heterocycles. The number of anilines is 1. The summed E-state index contributed by atoms with van der Waals surface area (Å²) in [7, 11) is 0. The summed E-state index contributed by atoms with van der Waals surface area (Å²) in [5, 5.41) is 5.47. The van der Waals surface area contributed by atoms with Crippen molar-refractivity contribution in [1.82, 2.24) is 19.5 Å². The summed E-state index contributed by atoms with van der Waals surface area (Å²) in [4.78, 5) is 35.5. The Hall–Kier alpha value is -1.96. The largest absolute Gasteiger partial charge is 0.347 e. The lowest BCUT2D eigenvalue weighted by atomic mass is 9.95. The van der Waals surface area contributed by atoms with Crippen molar-refractivity contribution in [3.8, 4) is 0 Å². The molecular formula is C21H29N5O2S. The lowest BCUT2D eigenvalue weighted by Gasteiger charge is -2.33. The number of rotatable bonds is 2. The number of fused-ring (bicyclic) bond motifs is 2. The fourth-order valence-electron chi connectivity index (χ4n) is 4.96. The molecule has 2 aromatic rings. The third kappa shape index (κ3) is 3.67. The first-order chi connectivity index (χ1) is 14.2. The van der Waals surface area contributed by atoms with Gasteiger partial charge in [-0.3, -0.25) is 9.59 Å². The second kappa shape index (κ2) is 8.05. The molecule has 0 radical (unpaired) electrons. The maximum absolute atomic E-state index is 12.9. The van der Waals surface area contributed by atoms with E-state index < -0.39 is 0 Å². The minimum absolute atomic E-state index is 0.0124. The smallest absolute Gasteiger partial charge is 0.278 e.